The van der Waals surface area contributed by atoms with Crippen molar-refractivity contribution in [2.75, 3.05) is 13.2 Å². The molecule has 0 saturated heterocycles. The number of carbonyl (C=O) groups excluding carboxylic acids is 2. The normalized spacial score (nSPS) is 10.4. The predicted molar refractivity (Wildman–Crippen MR) is 96.5 cm³/mol. The zero-order chi connectivity index (χ0) is 17.9. The fourth-order valence-electron chi connectivity index (χ4n) is 2.11. The van der Waals surface area contributed by atoms with E-state index in [2.05, 4.69) is 15.8 Å². The van der Waals surface area contributed by atoms with Gasteiger partial charge in [-0.25, -0.2) is 5.43 Å². The van der Waals surface area contributed by atoms with Crippen molar-refractivity contribution in [3.05, 3.63) is 65.7 Å². The van der Waals surface area contributed by atoms with Crippen molar-refractivity contribution in [2.45, 2.75) is 13.3 Å². The maximum absolute atomic E-state index is 11.7. The van der Waals surface area contributed by atoms with Gasteiger partial charge in [-0.1, -0.05) is 42.5 Å². The highest BCUT2D eigenvalue weighted by molar-refractivity contribution is 6.35. The second kappa shape index (κ2) is 9.87. The number of carbonyl (C=O) groups is 2. The molecule has 0 spiro atoms. The van der Waals surface area contributed by atoms with Crippen LogP contribution in [0.4, 0.5) is 0 Å². The summed E-state index contributed by atoms with van der Waals surface area (Å²) in [5.41, 5.74) is 4.06. The molecule has 130 valence electrons. The number of hydrogen-bond donors (Lipinski definition) is 2. The molecule has 0 aliphatic rings. The Morgan fingerprint density at radius 3 is 2.64 bits per heavy atom. The van der Waals surface area contributed by atoms with Crippen LogP contribution < -0.4 is 15.5 Å². The molecule has 2 amide bonds. The molecule has 6 nitrogen and oxygen atoms in total. The number of nitrogens with zero attached hydrogens (tertiary/aromatic N) is 1. The lowest BCUT2D eigenvalue weighted by atomic mass is 10.1. The van der Waals surface area contributed by atoms with Crippen molar-refractivity contribution in [1.82, 2.24) is 10.7 Å². The highest BCUT2D eigenvalue weighted by Gasteiger charge is 2.11. The summed E-state index contributed by atoms with van der Waals surface area (Å²) in [5, 5.41) is 6.35. The highest BCUT2D eigenvalue weighted by Crippen LogP contribution is 2.11. The first-order valence-electron chi connectivity index (χ1n) is 8.07. The first kappa shape index (κ1) is 18.2. The molecule has 0 heterocycles. The summed E-state index contributed by atoms with van der Waals surface area (Å²) in [6, 6.07) is 17.0. The van der Waals surface area contributed by atoms with Crippen LogP contribution in [-0.4, -0.2) is 31.2 Å². The standard InChI is InChI=1S/C19H21N3O3/c1-2-25-17-10-6-9-16(13-17)14-21-22-19(24)18(23)20-12-11-15-7-4-3-5-8-15/h3-10,13-14H,2,11-12H2,1H3,(H,20,23)(H,22,24)/b21-14-. The van der Waals surface area contributed by atoms with Crippen LogP contribution in [0.15, 0.2) is 59.7 Å². The number of amides is 2. The van der Waals surface area contributed by atoms with Gasteiger partial charge in [0, 0.05) is 6.54 Å². The van der Waals surface area contributed by atoms with E-state index < -0.39 is 11.8 Å². The average molecular weight is 339 g/mol. The second-order valence-corrected chi connectivity index (χ2v) is 5.20. The smallest absolute Gasteiger partial charge is 0.329 e. The predicted octanol–water partition coefficient (Wildman–Crippen LogP) is 1.89. The maximum atomic E-state index is 11.7. The summed E-state index contributed by atoms with van der Waals surface area (Å²) in [7, 11) is 0. The van der Waals surface area contributed by atoms with Gasteiger partial charge in [0.1, 0.15) is 5.75 Å². The number of hydrogen-bond acceptors (Lipinski definition) is 4. The first-order valence-corrected chi connectivity index (χ1v) is 8.07. The van der Waals surface area contributed by atoms with Crippen molar-refractivity contribution >= 4 is 18.0 Å². The van der Waals surface area contributed by atoms with E-state index in [1.807, 2.05) is 55.5 Å². The number of nitrogens with one attached hydrogen (secondary N) is 2. The van der Waals surface area contributed by atoms with Crippen LogP contribution in [0.5, 0.6) is 5.75 Å². The van der Waals surface area contributed by atoms with E-state index in [0.29, 0.717) is 19.6 Å². The molecule has 0 unspecified atom stereocenters. The van der Waals surface area contributed by atoms with Crippen LogP contribution in [0.25, 0.3) is 0 Å². The lowest BCUT2D eigenvalue weighted by Gasteiger charge is -2.04. The van der Waals surface area contributed by atoms with Crippen molar-refractivity contribution in [1.29, 1.82) is 0 Å². The van der Waals surface area contributed by atoms with Gasteiger partial charge >= 0.3 is 11.8 Å². The molecule has 0 bridgehead atoms. The molecule has 2 rings (SSSR count). The largest absolute Gasteiger partial charge is 0.494 e. The first-order chi connectivity index (χ1) is 12.2. The van der Waals surface area contributed by atoms with Crippen molar-refractivity contribution in [2.24, 2.45) is 5.10 Å². The monoisotopic (exact) mass is 339 g/mol. The summed E-state index contributed by atoms with van der Waals surface area (Å²) < 4.78 is 5.38. The maximum Gasteiger partial charge on any atom is 0.329 e. The van der Waals surface area contributed by atoms with Crippen LogP contribution in [0.2, 0.25) is 0 Å². The molecule has 25 heavy (non-hydrogen) atoms. The van der Waals surface area contributed by atoms with Gasteiger partial charge in [0.25, 0.3) is 0 Å². The fraction of sp³-hybridized carbons (Fsp3) is 0.211. The number of hydrazone groups is 1. The second-order valence-electron chi connectivity index (χ2n) is 5.20. The van der Waals surface area contributed by atoms with Gasteiger partial charge in [-0.3, -0.25) is 9.59 Å². The summed E-state index contributed by atoms with van der Waals surface area (Å²) in [4.78, 5) is 23.4. The third-order valence-electron chi connectivity index (χ3n) is 3.30. The van der Waals surface area contributed by atoms with Crippen molar-refractivity contribution < 1.29 is 14.3 Å². The minimum atomic E-state index is -0.801. The van der Waals surface area contributed by atoms with E-state index in [0.717, 1.165) is 16.9 Å². The third-order valence-corrected chi connectivity index (χ3v) is 3.30. The van der Waals surface area contributed by atoms with E-state index in [9.17, 15) is 9.59 Å². The molecule has 0 fully saturated rings. The Bertz CT molecular complexity index is 730. The molecule has 2 N–H and O–H groups in total. The van der Waals surface area contributed by atoms with E-state index in [-0.39, 0.29) is 0 Å². The zero-order valence-electron chi connectivity index (χ0n) is 14.1. The quantitative estimate of drug-likeness (QED) is 0.459. The van der Waals surface area contributed by atoms with Crippen LogP contribution >= 0.6 is 0 Å². The molecule has 0 radical (unpaired) electrons. The van der Waals surface area contributed by atoms with E-state index in [1.54, 1.807) is 6.07 Å². The van der Waals surface area contributed by atoms with Crippen LogP contribution in [0.1, 0.15) is 18.1 Å². The molecule has 0 aliphatic carbocycles. The topological polar surface area (TPSA) is 79.8 Å². The minimum absolute atomic E-state index is 0.385. The molecular formula is C19H21N3O3. The van der Waals surface area contributed by atoms with Gasteiger partial charge in [0.2, 0.25) is 0 Å². The molecular weight excluding hydrogens is 318 g/mol. The Hall–Kier alpha value is -3.15. The Morgan fingerprint density at radius 2 is 1.88 bits per heavy atom. The molecule has 0 aromatic heterocycles. The Labute approximate surface area is 146 Å². The molecule has 2 aromatic rings. The SMILES string of the molecule is CCOc1cccc(/C=N\NC(=O)C(=O)NCCc2ccccc2)c1. The number of rotatable bonds is 7. The van der Waals surface area contributed by atoms with Gasteiger partial charge in [0.15, 0.2) is 0 Å². The van der Waals surface area contributed by atoms with Crippen LogP contribution in [0.3, 0.4) is 0 Å². The Kier molecular flexibility index (Phi) is 7.18. The summed E-state index contributed by atoms with van der Waals surface area (Å²) in [6.45, 7) is 2.86. The van der Waals surface area contributed by atoms with Gasteiger partial charge < -0.3 is 10.1 Å². The van der Waals surface area contributed by atoms with Crippen LogP contribution in [0, 0.1) is 0 Å². The third kappa shape index (κ3) is 6.47. The van der Waals surface area contributed by atoms with Gasteiger partial charge in [-0.2, -0.15) is 5.10 Å². The molecule has 2 aromatic carbocycles. The van der Waals surface area contributed by atoms with Gasteiger partial charge in [-0.15, -0.1) is 0 Å². The average Bonchev–Trinajstić information content (AvgIpc) is 2.63. The molecule has 0 saturated carbocycles. The lowest BCUT2D eigenvalue weighted by molar-refractivity contribution is -0.139. The van der Waals surface area contributed by atoms with Gasteiger partial charge in [-0.05, 0) is 36.6 Å². The molecule has 0 atom stereocenters. The van der Waals surface area contributed by atoms with Crippen LogP contribution in [-0.2, 0) is 16.0 Å². The van der Waals surface area contributed by atoms with E-state index in [4.69, 9.17) is 4.74 Å². The summed E-state index contributed by atoms with van der Waals surface area (Å²) in [5.74, 6) is -0.794. The fourth-order valence-corrected chi connectivity index (χ4v) is 2.11. The highest BCUT2D eigenvalue weighted by atomic mass is 16.5. The Morgan fingerprint density at radius 1 is 1.08 bits per heavy atom. The zero-order valence-corrected chi connectivity index (χ0v) is 14.1. The number of ether oxygens (including phenoxy) is 1. The lowest BCUT2D eigenvalue weighted by Crippen LogP contribution is -2.38. The van der Waals surface area contributed by atoms with E-state index in [1.165, 1.54) is 6.21 Å². The van der Waals surface area contributed by atoms with Gasteiger partial charge in [0.05, 0.1) is 12.8 Å². The molecule has 6 heteroatoms. The summed E-state index contributed by atoms with van der Waals surface area (Å²) in [6.07, 6.45) is 2.12. The number of benzene rings is 2. The van der Waals surface area contributed by atoms with E-state index >= 15 is 0 Å². The van der Waals surface area contributed by atoms with Crippen molar-refractivity contribution in [3.63, 3.8) is 0 Å². The minimum Gasteiger partial charge on any atom is -0.494 e. The Balaban J connectivity index is 1.75. The summed E-state index contributed by atoms with van der Waals surface area (Å²) >= 11 is 0. The van der Waals surface area contributed by atoms with Crippen molar-refractivity contribution in [3.8, 4) is 5.75 Å². The molecule has 0 aliphatic heterocycles.